The molecule has 0 aliphatic carbocycles. The van der Waals surface area contributed by atoms with E-state index in [1.807, 2.05) is 30.3 Å². The van der Waals surface area contributed by atoms with Crippen LogP contribution in [0.3, 0.4) is 0 Å². The van der Waals surface area contributed by atoms with Gasteiger partial charge in [0.05, 0.1) is 11.6 Å². The highest BCUT2D eigenvalue weighted by molar-refractivity contribution is 6.30. The molecular formula is C19H22ClFN2O. The SMILES string of the molecule is CCN(CC)[C@H](CNC(=O)c1ccc(Cl)cc1F)c1ccccc1. The van der Waals surface area contributed by atoms with Crippen molar-refractivity contribution in [3.8, 4) is 0 Å². The molecule has 0 unspecified atom stereocenters. The molecular weight excluding hydrogens is 327 g/mol. The smallest absolute Gasteiger partial charge is 0.254 e. The Balaban J connectivity index is 2.14. The van der Waals surface area contributed by atoms with Gasteiger partial charge in [0.2, 0.25) is 0 Å². The monoisotopic (exact) mass is 348 g/mol. The molecule has 24 heavy (non-hydrogen) atoms. The molecule has 1 amide bonds. The van der Waals surface area contributed by atoms with Crippen molar-refractivity contribution < 1.29 is 9.18 Å². The molecule has 3 nitrogen and oxygen atoms in total. The van der Waals surface area contributed by atoms with Gasteiger partial charge in [0.1, 0.15) is 5.82 Å². The van der Waals surface area contributed by atoms with E-state index in [-0.39, 0.29) is 16.6 Å². The molecule has 0 aromatic heterocycles. The molecule has 5 heteroatoms. The van der Waals surface area contributed by atoms with Gasteiger partial charge in [0.25, 0.3) is 5.91 Å². The molecule has 128 valence electrons. The summed E-state index contributed by atoms with van der Waals surface area (Å²) in [5.74, 6) is -1.05. The number of carbonyl (C=O) groups excluding carboxylic acids is 1. The summed E-state index contributed by atoms with van der Waals surface area (Å²) >= 11 is 5.73. The fraction of sp³-hybridized carbons (Fsp3) is 0.316. The maximum atomic E-state index is 13.9. The summed E-state index contributed by atoms with van der Waals surface area (Å²) in [6, 6.07) is 14.1. The van der Waals surface area contributed by atoms with Crippen LogP contribution in [0.5, 0.6) is 0 Å². The molecule has 0 spiro atoms. The highest BCUT2D eigenvalue weighted by atomic mass is 35.5. The Bertz CT molecular complexity index is 674. The molecule has 2 aromatic rings. The van der Waals surface area contributed by atoms with Gasteiger partial charge in [-0.25, -0.2) is 4.39 Å². The molecule has 1 N–H and O–H groups in total. The van der Waals surface area contributed by atoms with Crippen LogP contribution in [-0.2, 0) is 0 Å². The highest BCUT2D eigenvalue weighted by Crippen LogP contribution is 2.20. The van der Waals surface area contributed by atoms with Gasteiger partial charge in [-0.2, -0.15) is 0 Å². The van der Waals surface area contributed by atoms with Gasteiger partial charge in [-0.15, -0.1) is 0 Å². The van der Waals surface area contributed by atoms with Crippen LogP contribution in [0, 0.1) is 5.82 Å². The van der Waals surface area contributed by atoms with E-state index in [0.717, 1.165) is 24.7 Å². The third kappa shape index (κ3) is 4.56. The molecule has 0 fully saturated rings. The second kappa shape index (κ2) is 8.81. The summed E-state index contributed by atoms with van der Waals surface area (Å²) in [4.78, 5) is 14.6. The number of nitrogens with zero attached hydrogens (tertiary/aromatic N) is 1. The lowest BCUT2D eigenvalue weighted by molar-refractivity contribution is 0.0931. The minimum atomic E-state index is -0.612. The Labute approximate surface area is 147 Å². The summed E-state index contributed by atoms with van der Waals surface area (Å²) in [7, 11) is 0. The fourth-order valence-electron chi connectivity index (χ4n) is 2.76. The van der Waals surface area contributed by atoms with Gasteiger partial charge >= 0.3 is 0 Å². The average molecular weight is 349 g/mol. The first-order valence-corrected chi connectivity index (χ1v) is 8.46. The summed E-state index contributed by atoms with van der Waals surface area (Å²) in [5.41, 5.74) is 1.13. The Hall–Kier alpha value is -1.91. The van der Waals surface area contributed by atoms with E-state index >= 15 is 0 Å². The first-order valence-electron chi connectivity index (χ1n) is 8.09. The van der Waals surface area contributed by atoms with Crippen molar-refractivity contribution in [3.05, 3.63) is 70.5 Å². The second-order valence-electron chi connectivity index (χ2n) is 5.48. The fourth-order valence-corrected chi connectivity index (χ4v) is 2.91. The van der Waals surface area contributed by atoms with E-state index in [0.29, 0.717) is 6.54 Å². The summed E-state index contributed by atoms with van der Waals surface area (Å²) < 4.78 is 13.9. The minimum Gasteiger partial charge on any atom is -0.350 e. The van der Waals surface area contributed by atoms with Crippen LogP contribution in [0.25, 0.3) is 0 Å². The third-order valence-electron chi connectivity index (χ3n) is 4.07. The Morgan fingerprint density at radius 3 is 2.42 bits per heavy atom. The largest absolute Gasteiger partial charge is 0.350 e. The van der Waals surface area contributed by atoms with Gasteiger partial charge in [0.15, 0.2) is 0 Å². The predicted octanol–water partition coefficient (Wildman–Crippen LogP) is 4.29. The molecule has 0 radical (unpaired) electrons. The number of halogens is 2. The van der Waals surface area contributed by atoms with Crippen LogP contribution in [-0.4, -0.2) is 30.4 Å². The normalized spacial score (nSPS) is 12.2. The van der Waals surface area contributed by atoms with Gasteiger partial charge in [0, 0.05) is 11.6 Å². The zero-order valence-electron chi connectivity index (χ0n) is 13.9. The van der Waals surface area contributed by atoms with Crippen molar-refractivity contribution in [2.24, 2.45) is 0 Å². The molecule has 0 saturated carbocycles. The minimum absolute atomic E-state index is 0.00533. The lowest BCUT2D eigenvalue weighted by Crippen LogP contribution is -2.38. The van der Waals surface area contributed by atoms with E-state index in [1.165, 1.54) is 12.1 Å². The Morgan fingerprint density at radius 1 is 1.17 bits per heavy atom. The van der Waals surface area contributed by atoms with Crippen molar-refractivity contribution in [2.45, 2.75) is 19.9 Å². The summed E-state index contributed by atoms with van der Waals surface area (Å²) in [6.07, 6.45) is 0. The molecule has 1 atom stereocenters. The van der Waals surface area contributed by atoms with E-state index < -0.39 is 11.7 Å². The molecule has 0 aliphatic heterocycles. The van der Waals surface area contributed by atoms with Crippen LogP contribution >= 0.6 is 11.6 Å². The van der Waals surface area contributed by atoms with Crippen LogP contribution in [0.15, 0.2) is 48.5 Å². The van der Waals surface area contributed by atoms with E-state index in [4.69, 9.17) is 11.6 Å². The lowest BCUT2D eigenvalue weighted by Gasteiger charge is -2.30. The summed E-state index contributed by atoms with van der Waals surface area (Å²) in [6.45, 7) is 6.30. The number of rotatable bonds is 7. The molecule has 0 saturated heterocycles. The van der Waals surface area contributed by atoms with Crippen molar-refractivity contribution in [2.75, 3.05) is 19.6 Å². The van der Waals surface area contributed by atoms with Gasteiger partial charge < -0.3 is 5.32 Å². The maximum Gasteiger partial charge on any atom is 0.254 e. The predicted molar refractivity (Wildman–Crippen MR) is 95.8 cm³/mol. The van der Waals surface area contributed by atoms with E-state index in [1.54, 1.807) is 0 Å². The van der Waals surface area contributed by atoms with Gasteiger partial charge in [-0.1, -0.05) is 55.8 Å². The quantitative estimate of drug-likeness (QED) is 0.809. The number of likely N-dealkylation sites (N-methyl/N-ethyl adjacent to an activating group) is 1. The van der Waals surface area contributed by atoms with Gasteiger partial charge in [-0.05, 0) is 36.9 Å². The molecule has 2 rings (SSSR count). The summed E-state index contributed by atoms with van der Waals surface area (Å²) in [5, 5.41) is 3.12. The topological polar surface area (TPSA) is 32.3 Å². The zero-order valence-corrected chi connectivity index (χ0v) is 14.7. The van der Waals surface area contributed by atoms with Crippen molar-refractivity contribution in [1.29, 1.82) is 0 Å². The average Bonchev–Trinajstić information content (AvgIpc) is 2.59. The van der Waals surface area contributed by atoms with Crippen molar-refractivity contribution >= 4 is 17.5 Å². The number of benzene rings is 2. The number of nitrogens with one attached hydrogen (secondary N) is 1. The first kappa shape index (κ1) is 18.4. The second-order valence-corrected chi connectivity index (χ2v) is 5.92. The van der Waals surface area contributed by atoms with E-state index in [2.05, 4.69) is 24.1 Å². The molecule has 2 aromatic carbocycles. The Morgan fingerprint density at radius 2 is 1.83 bits per heavy atom. The van der Waals surface area contributed by atoms with Crippen molar-refractivity contribution in [3.63, 3.8) is 0 Å². The molecule has 0 bridgehead atoms. The van der Waals surface area contributed by atoms with Crippen molar-refractivity contribution in [1.82, 2.24) is 10.2 Å². The zero-order chi connectivity index (χ0) is 17.5. The Kier molecular flexibility index (Phi) is 6.76. The van der Waals surface area contributed by atoms with Crippen LogP contribution < -0.4 is 5.32 Å². The first-order chi connectivity index (χ1) is 11.6. The standard InChI is InChI=1S/C19H22ClFN2O/c1-3-23(4-2)18(14-8-6-5-7-9-14)13-22-19(24)16-11-10-15(20)12-17(16)21/h5-12,18H,3-4,13H2,1-2H3,(H,22,24)/t18-/m1/s1. The van der Waals surface area contributed by atoms with Crippen LogP contribution in [0.2, 0.25) is 5.02 Å². The number of amides is 1. The number of carbonyl (C=O) groups is 1. The van der Waals surface area contributed by atoms with E-state index in [9.17, 15) is 9.18 Å². The number of hydrogen-bond donors (Lipinski definition) is 1. The lowest BCUT2D eigenvalue weighted by atomic mass is 10.0. The molecule has 0 aliphatic rings. The molecule has 0 heterocycles. The number of hydrogen-bond acceptors (Lipinski definition) is 2. The van der Waals surface area contributed by atoms with Crippen LogP contribution in [0.1, 0.15) is 35.8 Å². The third-order valence-corrected chi connectivity index (χ3v) is 4.30. The maximum absolute atomic E-state index is 13.9. The van der Waals surface area contributed by atoms with Gasteiger partial charge in [-0.3, -0.25) is 9.69 Å². The van der Waals surface area contributed by atoms with Crippen LogP contribution in [0.4, 0.5) is 4.39 Å². The highest BCUT2D eigenvalue weighted by Gasteiger charge is 2.20.